The van der Waals surface area contributed by atoms with E-state index >= 15 is 0 Å². The number of hydrogen-bond acceptors (Lipinski definition) is 6. The van der Waals surface area contributed by atoms with E-state index in [9.17, 15) is 0 Å². The summed E-state index contributed by atoms with van der Waals surface area (Å²) in [6.45, 7) is 4.45. The molecular weight excluding hydrogens is 470 g/mol. The SMILES string of the molecule is CCSC1=C(SCC)SC(=C2SC([Se])=C([Se])S2)S1. The van der Waals surface area contributed by atoms with E-state index in [0.717, 1.165) is 11.5 Å². The fourth-order valence-corrected chi connectivity index (χ4v) is 11.3. The van der Waals surface area contributed by atoms with Crippen molar-refractivity contribution in [2.24, 2.45) is 0 Å². The molecule has 0 amide bonds. The van der Waals surface area contributed by atoms with Gasteiger partial charge < -0.3 is 0 Å². The molecule has 18 heavy (non-hydrogen) atoms. The van der Waals surface area contributed by atoms with Crippen LogP contribution in [-0.4, -0.2) is 43.5 Å². The molecule has 8 heteroatoms. The average Bonchev–Trinajstić information content (AvgIpc) is 2.86. The van der Waals surface area contributed by atoms with Crippen molar-refractivity contribution in [3.63, 3.8) is 0 Å². The van der Waals surface area contributed by atoms with Gasteiger partial charge in [0.1, 0.15) is 0 Å². The Labute approximate surface area is 151 Å². The molecule has 0 fully saturated rings. The van der Waals surface area contributed by atoms with Gasteiger partial charge in [-0.25, -0.2) is 0 Å². The van der Waals surface area contributed by atoms with E-state index in [2.05, 4.69) is 45.9 Å². The molecule has 2 heterocycles. The number of hydrogen-bond donors (Lipinski definition) is 0. The fourth-order valence-electron chi connectivity index (χ4n) is 1.15. The topological polar surface area (TPSA) is 0 Å². The molecule has 2 aliphatic rings. The van der Waals surface area contributed by atoms with Crippen LogP contribution in [0.4, 0.5) is 0 Å². The van der Waals surface area contributed by atoms with Crippen LogP contribution in [0.2, 0.25) is 0 Å². The molecule has 0 saturated heterocycles. The third kappa shape index (κ3) is 4.18. The third-order valence-corrected chi connectivity index (χ3v) is 12.9. The van der Waals surface area contributed by atoms with Gasteiger partial charge in [0, 0.05) is 0 Å². The van der Waals surface area contributed by atoms with Gasteiger partial charge in [0.2, 0.25) is 0 Å². The Morgan fingerprint density at radius 3 is 1.56 bits per heavy atom. The van der Waals surface area contributed by atoms with Crippen molar-refractivity contribution in [3.05, 3.63) is 24.6 Å². The van der Waals surface area contributed by atoms with Crippen molar-refractivity contribution in [2.75, 3.05) is 11.5 Å². The molecule has 0 saturated carbocycles. The Bertz CT molecular complexity index is 404. The van der Waals surface area contributed by atoms with E-state index < -0.39 is 0 Å². The van der Waals surface area contributed by atoms with Crippen molar-refractivity contribution in [3.8, 4) is 0 Å². The van der Waals surface area contributed by atoms with Gasteiger partial charge in [-0.3, -0.25) is 0 Å². The maximum absolute atomic E-state index is 3.13. The molecule has 0 atom stereocenters. The van der Waals surface area contributed by atoms with Crippen LogP contribution in [0.1, 0.15) is 13.8 Å². The van der Waals surface area contributed by atoms with Crippen LogP contribution in [0.5, 0.6) is 0 Å². The van der Waals surface area contributed by atoms with E-state index in [1.807, 2.05) is 70.6 Å². The van der Waals surface area contributed by atoms with Gasteiger partial charge in [0.25, 0.3) is 0 Å². The first kappa shape index (κ1) is 16.7. The second-order valence-electron chi connectivity index (χ2n) is 3.00. The Hall–Kier alpha value is 2.36. The molecule has 0 nitrogen and oxygen atoms in total. The van der Waals surface area contributed by atoms with Gasteiger partial charge in [-0.2, -0.15) is 0 Å². The Kier molecular flexibility index (Phi) is 7.54. The average molecular weight is 481 g/mol. The Balaban J connectivity index is 2.11. The Morgan fingerprint density at radius 2 is 1.17 bits per heavy atom. The molecule has 0 spiro atoms. The van der Waals surface area contributed by atoms with Crippen LogP contribution in [-0.2, 0) is 0 Å². The minimum absolute atomic E-state index is 1.15. The normalized spacial score (nSPS) is 20.6. The molecule has 0 unspecified atom stereocenters. The molecule has 98 valence electrons. The standard InChI is InChI=1S/C10H10S6Se2/c1-3-11-5-6(12-4-2)14-7(13-5)8-15-9(17)10(18)16-8/h3-4H2,1-2H3. The van der Waals surface area contributed by atoms with Crippen LogP contribution in [0.15, 0.2) is 24.6 Å². The summed E-state index contributed by atoms with van der Waals surface area (Å²) in [5.74, 6) is 2.30. The van der Waals surface area contributed by atoms with Crippen molar-refractivity contribution < 1.29 is 0 Å². The summed E-state index contributed by atoms with van der Waals surface area (Å²) >= 11 is 17.8. The zero-order valence-corrected chi connectivity index (χ0v) is 18.0. The van der Waals surface area contributed by atoms with Crippen molar-refractivity contribution in [1.82, 2.24) is 0 Å². The van der Waals surface area contributed by atoms with Crippen LogP contribution in [0.3, 0.4) is 0 Å². The quantitative estimate of drug-likeness (QED) is 0.506. The van der Waals surface area contributed by atoms with Gasteiger partial charge in [-0.05, 0) is 0 Å². The van der Waals surface area contributed by atoms with E-state index in [0.29, 0.717) is 0 Å². The van der Waals surface area contributed by atoms with Crippen molar-refractivity contribution >= 4 is 103 Å². The summed E-state index contributed by atoms with van der Waals surface area (Å²) in [6, 6.07) is 0. The van der Waals surface area contributed by atoms with E-state index in [4.69, 9.17) is 0 Å². The molecule has 0 aromatic heterocycles. The molecule has 2 aliphatic heterocycles. The van der Waals surface area contributed by atoms with Gasteiger partial charge in [0.05, 0.1) is 0 Å². The van der Waals surface area contributed by atoms with Crippen molar-refractivity contribution in [1.29, 1.82) is 0 Å². The van der Waals surface area contributed by atoms with Gasteiger partial charge >= 0.3 is 153 Å². The first-order valence-corrected chi connectivity index (χ1v) is 12.1. The zero-order valence-electron chi connectivity index (χ0n) is 9.68. The molecular formula is C10H10S6Se2. The van der Waals surface area contributed by atoms with Crippen LogP contribution in [0.25, 0.3) is 0 Å². The second kappa shape index (κ2) is 8.11. The predicted molar refractivity (Wildman–Crippen MR) is 99.2 cm³/mol. The van der Waals surface area contributed by atoms with Gasteiger partial charge in [-0.1, -0.05) is 0 Å². The summed E-state index contributed by atoms with van der Waals surface area (Å²) in [6.07, 6.45) is 0. The molecule has 2 rings (SSSR count). The molecule has 0 aromatic rings. The molecule has 0 aliphatic carbocycles. The predicted octanol–water partition coefficient (Wildman–Crippen LogP) is 5.17. The number of thioether (sulfide) groups is 6. The summed E-state index contributed by atoms with van der Waals surface area (Å²) < 4.78 is 8.43. The van der Waals surface area contributed by atoms with Gasteiger partial charge in [0.15, 0.2) is 0 Å². The first-order chi connectivity index (χ1) is 8.65. The molecule has 0 aromatic carbocycles. The van der Waals surface area contributed by atoms with Crippen LogP contribution < -0.4 is 0 Å². The van der Waals surface area contributed by atoms with Crippen LogP contribution >= 0.6 is 70.6 Å². The van der Waals surface area contributed by atoms with E-state index in [-0.39, 0.29) is 0 Å². The second-order valence-corrected chi connectivity index (χ2v) is 13.5. The third-order valence-electron chi connectivity index (χ3n) is 1.79. The Morgan fingerprint density at radius 1 is 0.778 bits per heavy atom. The summed E-state index contributed by atoms with van der Waals surface area (Å²) in [5, 5.41) is 0. The first-order valence-electron chi connectivity index (χ1n) is 5.19. The maximum atomic E-state index is 3.13. The number of rotatable bonds is 4. The minimum atomic E-state index is 1.15. The van der Waals surface area contributed by atoms with E-state index in [1.54, 1.807) is 0 Å². The van der Waals surface area contributed by atoms with E-state index in [1.165, 1.54) is 24.6 Å². The summed E-state index contributed by atoms with van der Waals surface area (Å²) in [4.78, 5) is 0. The zero-order chi connectivity index (χ0) is 13.1. The monoisotopic (exact) mass is 482 g/mol. The molecule has 0 bridgehead atoms. The van der Waals surface area contributed by atoms with Crippen LogP contribution in [0, 0.1) is 0 Å². The van der Waals surface area contributed by atoms with Crippen molar-refractivity contribution in [2.45, 2.75) is 13.8 Å². The fraction of sp³-hybridized carbons (Fsp3) is 0.400. The summed E-state index contributed by atoms with van der Waals surface area (Å²) in [5.41, 5.74) is 0. The molecule has 2 radical (unpaired) electrons. The summed E-state index contributed by atoms with van der Waals surface area (Å²) in [7, 11) is 0. The van der Waals surface area contributed by atoms with Gasteiger partial charge in [-0.15, -0.1) is 0 Å². The molecule has 0 N–H and O–H groups in total.